The minimum atomic E-state index is -0.493. The summed E-state index contributed by atoms with van der Waals surface area (Å²) in [7, 11) is 8.03. The van der Waals surface area contributed by atoms with Gasteiger partial charge in [-0.25, -0.2) is 55.1 Å². The molecule has 1 fully saturated rings. The smallest absolute Gasteiger partial charge is 0.338 e. The van der Waals surface area contributed by atoms with E-state index < -0.39 is 29.8 Å². The fourth-order valence-electron chi connectivity index (χ4n) is 14.4. The Morgan fingerprint density at radius 1 is 0.281 bits per heavy atom. The summed E-state index contributed by atoms with van der Waals surface area (Å²) in [5, 5.41) is 0.396. The van der Waals surface area contributed by atoms with E-state index in [1.54, 1.807) is 145 Å². The van der Waals surface area contributed by atoms with Crippen molar-refractivity contribution in [3.63, 3.8) is 0 Å². The summed E-state index contributed by atoms with van der Waals surface area (Å²) in [5.74, 6) is -1.11. The average molecular weight is 1940 g/mol. The normalized spacial score (nSPS) is 11.0. The zero-order valence-corrected chi connectivity index (χ0v) is 82.0. The van der Waals surface area contributed by atoms with Gasteiger partial charge in [0.25, 0.3) is 0 Å². The molecule has 13 rings (SSSR count). The Kier molecular flexibility index (Phi) is 40.1. The lowest BCUT2D eigenvalue weighted by Gasteiger charge is -2.16. The predicted octanol–water partition coefficient (Wildman–Crippen LogP) is 26.3. The highest BCUT2D eigenvalue weighted by molar-refractivity contribution is 9.10. The number of carbonyl (C=O) groups excluding carboxylic acids is 6. The van der Waals surface area contributed by atoms with Gasteiger partial charge in [-0.2, -0.15) is 0 Å². The van der Waals surface area contributed by atoms with E-state index in [0.717, 1.165) is 102 Å². The van der Waals surface area contributed by atoms with Crippen molar-refractivity contribution in [1.29, 1.82) is 0 Å². The molecule has 0 saturated heterocycles. The molecule has 12 aromatic carbocycles. The first-order valence-electron chi connectivity index (χ1n) is 43.0. The van der Waals surface area contributed by atoms with Crippen LogP contribution in [-0.4, -0.2) is 78.5 Å². The van der Waals surface area contributed by atoms with Gasteiger partial charge in [0.15, 0.2) is 0 Å². The molecule has 0 N–H and O–H groups in total. The van der Waals surface area contributed by atoms with Crippen LogP contribution in [0.2, 0.25) is 5.02 Å². The minimum absolute atomic E-state index is 0.0491. The first kappa shape index (κ1) is 107. The number of benzene rings is 12. The molecule has 0 heterocycles. The van der Waals surface area contributed by atoms with E-state index in [1.807, 2.05) is 105 Å². The van der Waals surface area contributed by atoms with Crippen LogP contribution in [0.4, 0.5) is 26.3 Å². The van der Waals surface area contributed by atoms with Crippen molar-refractivity contribution in [3.8, 4) is 34.5 Å². The van der Waals surface area contributed by atoms with E-state index in [1.165, 1.54) is 79.1 Å². The summed E-state index contributed by atoms with van der Waals surface area (Å²) in [5.41, 5.74) is 19.5. The predicted molar refractivity (Wildman–Crippen MR) is 511 cm³/mol. The highest BCUT2D eigenvalue weighted by Gasteiger charge is 2.30. The zero-order valence-electron chi connectivity index (χ0n) is 79.6. The topological polar surface area (TPSA) is 213 Å². The van der Waals surface area contributed by atoms with Crippen LogP contribution < -0.4 is 28.4 Å². The van der Waals surface area contributed by atoms with Crippen LogP contribution in [0.5, 0.6) is 34.5 Å². The maximum Gasteiger partial charge on any atom is 0.338 e. The summed E-state index contributed by atoms with van der Waals surface area (Å²) in [6.45, 7) is 28.2. The van der Waals surface area contributed by atoms with Gasteiger partial charge < -0.3 is 56.8 Å². The van der Waals surface area contributed by atoms with Crippen molar-refractivity contribution >= 4 is 63.3 Å². The summed E-state index contributed by atoms with van der Waals surface area (Å²) >= 11 is 9.53. The Labute approximate surface area is 798 Å². The van der Waals surface area contributed by atoms with E-state index >= 15 is 0 Å². The molecule has 26 heteroatoms. The van der Waals surface area contributed by atoms with Crippen molar-refractivity contribution in [2.24, 2.45) is 0 Å². The van der Waals surface area contributed by atoms with Gasteiger partial charge >= 0.3 is 35.8 Å². The first-order valence-corrected chi connectivity index (χ1v) is 44.2. The summed E-state index contributed by atoms with van der Waals surface area (Å²) in [4.78, 5) is 71.2. The number of methoxy groups -OCH3 is 6. The second-order valence-electron chi connectivity index (χ2n) is 32.1. The zero-order chi connectivity index (χ0) is 99.4. The van der Waals surface area contributed by atoms with Crippen LogP contribution in [0.3, 0.4) is 0 Å². The molecule has 0 bridgehead atoms. The van der Waals surface area contributed by atoms with Crippen LogP contribution in [0.15, 0.2) is 186 Å². The molecule has 1 aliphatic carbocycles. The summed E-state index contributed by atoms with van der Waals surface area (Å²) in [6, 6.07) is 50.7. The standard InChI is InChI=1S/C20H21FO3.C19H21FO3.2C18H19FO3.C17H16BrFO3.C17H16ClFO3/c1-12-9-13(2)19(10-18(12)21)24-11-17-15(14-7-8-14)5-4-6-16(17)20(22)23-3;1-5-14-7-6-8-15(19(21)22-4)16(14)11-23-18-10-17(20)12(2)9-13(18)3;2*1-11-6-5-7-14(18(20)21-4)15(11)10-22-17-9-16(19)12(2)8-13(17)3;2*1-10-7-11(2)16(8-15(10)19)22-9-13-12(17(20)21-3)5-4-6-14(13)18/h4-6,9-10,14H,7-8,11H2,1-3H3;6-10H,5,11H2,1-4H3;2*5-9H,10H2,1-4H3;2*4-8H,9H2,1-3H3. The fraction of sp³-hybridized carbons (Fsp3) is 0.284. The monoisotopic (exact) mass is 1940 g/mol. The first-order chi connectivity index (χ1) is 64.2. The van der Waals surface area contributed by atoms with Gasteiger partial charge in [0.2, 0.25) is 0 Å². The maximum atomic E-state index is 13.8. The van der Waals surface area contributed by atoms with E-state index in [4.69, 9.17) is 68.4 Å². The highest BCUT2D eigenvalue weighted by atomic mass is 79.9. The van der Waals surface area contributed by atoms with Gasteiger partial charge in [0.1, 0.15) is 109 Å². The highest BCUT2D eigenvalue weighted by Crippen LogP contribution is 2.43. The van der Waals surface area contributed by atoms with Crippen molar-refractivity contribution in [2.75, 3.05) is 42.7 Å². The number of rotatable bonds is 26. The molecule has 1 saturated carbocycles. The second-order valence-corrected chi connectivity index (χ2v) is 33.3. The SMILES string of the molecule is CCc1cccc(C(=O)OC)c1COc1cc(F)c(C)cc1C.COC(=O)c1cccc(Br)c1COc1cc(F)c(C)cc1C.COC(=O)c1cccc(C)c1COc1cc(F)c(C)cc1C.COC(=O)c1cccc(C)c1COc1cc(F)c(C)cc1C.COC(=O)c1cccc(C2CC2)c1COc1cc(F)c(C)cc1C.COC(=O)c1cccc(Cl)c1COc1cc(F)c(C)cc1C. The fourth-order valence-corrected chi connectivity index (χ4v) is 15.1. The lowest BCUT2D eigenvalue weighted by molar-refractivity contribution is 0.0588. The quantitative estimate of drug-likeness (QED) is 0.0280. The van der Waals surface area contributed by atoms with Gasteiger partial charge in [-0.1, -0.05) is 95.1 Å². The van der Waals surface area contributed by atoms with Crippen LogP contribution >= 0.6 is 27.5 Å². The summed E-state index contributed by atoms with van der Waals surface area (Å²) < 4.78 is 146. The molecule has 0 atom stereocenters. The molecule has 0 aromatic heterocycles. The number of aryl methyl sites for hydroxylation is 15. The van der Waals surface area contributed by atoms with Crippen LogP contribution in [0.25, 0.3) is 0 Å². The van der Waals surface area contributed by atoms with E-state index in [-0.39, 0.29) is 80.5 Å². The molecule has 18 nitrogen and oxygen atoms in total. The third-order valence-electron chi connectivity index (χ3n) is 22.3. The van der Waals surface area contributed by atoms with Gasteiger partial charge in [0.05, 0.1) is 76.0 Å². The number of ether oxygens (including phenoxy) is 12. The molecule has 0 spiro atoms. The molecule has 12 aromatic rings. The molecular formula is C109H112BrClF6O18. The van der Waals surface area contributed by atoms with Crippen molar-refractivity contribution in [2.45, 2.75) is 169 Å². The van der Waals surface area contributed by atoms with Crippen molar-refractivity contribution in [1.82, 2.24) is 0 Å². The van der Waals surface area contributed by atoms with Crippen LogP contribution in [0, 0.1) is 132 Å². The molecule has 0 radical (unpaired) electrons. The molecular weight excluding hydrogens is 1830 g/mol. The van der Waals surface area contributed by atoms with Crippen molar-refractivity contribution in [3.05, 3.63) is 382 Å². The Morgan fingerprint density at radius 3 is 0.807 bits per heavy atom. The summed E-state index contributed by atoms with van der Waals surface area (Å²) in [6.07, 6.45) is 3.01. The Hall–Kier alpha value is -13.4. The van der Waals surface area contributed by atoms with E-state index in [2.05, 4.69) is 15.9 Å². The molecule has 135 heavy (non-hydrogen) atoms. The van der Waals surface area contributed by atoms with Gasteiger partial charge in [-0.3, -0.25) is 0 Å². The van der Waals surface area contributed by atoms with Gasteiger partial charge in [-0.05, 0) is 296 Å². The van der Waals surface area contributed by atoms with Crippen LogP contribution in [0.1, 0.15) is 210 Å². The molecule has 0 unspecified atom stereocenters. The second kappa shape index (κ2) is 50.6. The number of esters is 6. The minimum Gasteiger partial charge on any atom is -0.488 e. The van der Waals surface area contributed by atoms with E-state index in [0.29, 0.717) is 123 Å². The third kappa shape index (κ3) is 29.1. The number of hydrogen-bond donors (Lipinski definition) is 0. The Bertz CT molecular complexity index is 5800. The van der Waals surface area contributed by atoms with Gasteiger partial charge in [0, 0.05) is 79.3 Å². The maximum absolute atomic E-state index is 13.8. The molecule has 0 aliphatic heterocycles. The Morgan fingerprint density at radius 2 is 0.511 bits per heavy atom. The number of hydrogen-bond acceptors (Lipinski definition) is 18. The Balaban J connectivity index is 0.000000199. The molecule has 1 aliphatic rings. The largest absolute Gasteiger partial charge is 0.488 e. The third-order valence-corrected chi connectivity index (χ3v) is 23.4. The number of carbonyl (C=O) groups is 6. The van der Waals surface area contributed by atoms with Gasteiger partial charge in [-0.15, -0.1) is 0 Å². The lowest BCUT2D eigenvalue weighted by atomic mass is 9.98. The molecule has 0 amide bonds. The average Bonchev–Trinajstić information content (AvgIpc) is 1.65. The molecule has 712 valence electrons. The van der Waals surface area contributed by atoms with Crippen molar-refractivity contribution < 1.29 is 112 Å². The van der Waals surface area contributed by atoms with E-state index in [9.17, 15) is 55.1 Å². The van der Waals surface area contributed by atoms with Crippen LogP contribution in [-0.2, 0) is 74.5 Å². The lowest BCUT2D eigenvalue weighted by Crippen LogP contribution is -2.11. The number of halogens is 8.